The number of thiophene rings is 1. The normalized spacial score (nSPS) is 16.4. The maximum absolute atomic E-state index is 13.1. The van der Waals surface area contributed by atoms with Gasteiger partial charge in [-0.2, -0.15) is 5.26 Å². The molecular formula is C20H16N3O3S2-. The van der Waals surface area contributed by atoms with Gasteiger partial charge in [0.2, 0.25) is 0 Å². The number of carbonyl (C=O) groups is 2. The molecule has 0 aliphatic carbocycles. The molecule has 0 fully saturated rings. The van der Waals surface area contributed by atoms with Gasteiger partial charge in [0.15, 0.2) is 0 Å². The summed E-state index contributed by atoms with van der Waals surface area (Å²) in [5, 5.41) is 28.9. The summed E-state index contributed by atoms with van der Waals surface area (Å²) in [7, 11) is 0. The zero-order valence-electron chi connectivity index (χ0n) is 14.9. The topological polar surface area (TPSA) is 105 Å². The van der Waals surface area contributed by atoms with Crippen LogP contribution in [0.3, 0.4) is 0 Å². The van der Waals surface area contributed by atoms with E-state index in [0.717, 1.165) is 16.6 Å². The highest BCUT2D eigenvalue weighted by Crippen LogP contribution is 2.42. The third-order valence-corrected chi connectivity index (χ3v) is 6.01. The number of amides is 1. The predicted octanol–water partition coefficient (Wildman–Crippen LogP) is 2.57. The first kappa shape index (κ1) is 19.7. The van der Waals surface area contributed by atoms with Gasteiger partial charge in [-0.3, -0.25) is 4.79 Å². The summed E-state index contributed by atoms with van der Waals surface area (Å²) in [5.41, 5.74) is 1.97. The van der Waals surface area contributed by atoms with Gasteiger partial charge < -0.3 is 20.5 Å². The van der Waals surface area contributed by atoms with E-state index in [0.29, 0.717) is 27.6 Å². The molecule has 0 radical (unpaired) electrons. The van der Waals surface area contributed by atoms with Crippen LogP contribution in [0.15, 0.2) is 69.7 Å². The molecule has 1 aromatic heterocycles. The van der Waals surface area contributed by atoms with Gasteiger partial charge >= 0.3 is 0 Å². The van der Waals surface area contributed by atoms with E-state index in [2.05, 4.69) is 16.7 Å². The van der Waals surface area contributed by atoms with Crippen molar-refractivity contribution in [3.63, 3.8) is 0 Å². The van der Waals surface area contributed by atoms with E-state index in [9.17, 15) is 20.0 Å². The summed E-state index contributed by atoms with van der Waals surface area (Å²) in [6.45, 7) is 1.74. The van der Waals surface area contributed by atoms with E-state index >= 15 is 0 Å². The Bertz CT molecular complexity index is 989. The van der Waals surface area contributed by atoms with Crippen molar-refractivity contribution in [1.29, 1.82) is 5.26 Å². The molecule has 0 unspecified atom stereocenters. The molecule has 6 nitrogen and oxygen atoms in total. The Balaban J connectivity index is 2.01. The van der Waals surface area contributed by atoms with Crippen molar-refractivity contribution < 1.29 is 14.7 Å². The minimum atomic E-state index is -1.22. The van der Waals surface area contributed by atoms with E-state index in [1.165, 1.54) is 11.3 Å². The molecule has 0 saturated heterocycles. The highest BCUT2D eigenvalue weighted by molar-refractivity contribution is 8.03. The van der Waals surface area contributed by atoms with Crippen molar-refractivity contribution in [1.82, 2.24) is 5.32 Å². The minimum Gasteiger partial charge on any atom is -0.549 e. The number of rotatable bonds is 6. The van der Waals surface area contributed by atoms with E-state index in [1.807, 2.05) is 35.7 Å². The smallest absolute Gasteiger partial charge is 0.254 e. The van der Waals surface area contributed by atoms with Crippen LogP contribution in [-0.4, -0.2) is 17.6 Å². The Labute approximate surface area is 170 Å². The van der Waals surface area contributed by atoms with E-state index in [-0.39, 0.29) is 11.7 Å². The minimum absolute atomic E-state index is 0.288. The molecule has 142 valence electrons. The third kappa shape index (κ3) is 4.27. The number of carboxylic acid groups (broad SMARTS) is 1. The zero-order valence-corrected chi connectivity index (χ0v) is 16.5. The third-order valence-electron chi connectivity index (χ3n) is 4.09. The lowest BCUT2D eigenvalue weighted by molar-refractivity contribution is -0.301. The van der Waals surface area contributed by atoms with Crippen molar-refractivity contribution >= 4 is 40.7 Å². The van der Waals surface area contributed by atoms with Gasteiger partial charge in [-0.25, -0.2) is 0 Å². The maximum atomic E-state index is 13.1. The predicted molar refractivity (Wildman–Crippen MR) is 108 cm³/mol. The fraction of sp³-hybridized carbons (Fsp3) is 0.150. The maximum Gasteiger partial charge on any atom is 0.254 e. The highest BCUT2D eigenvalue weighted by Gasteiger charge is 2.35. The monoisotopic (exact) mass is 410 g/mol. The Morgan fingerprint density at radius 1 is 1.29 bits per heavy atom. The van der Waals surface area contributed by atoms with Crippen LogP contribution in [0, 0.1) is 11.3 Å². The number of hydrogen-bond donors (Lipinski definition) is 2. The molecule has 0 spiro atoms. The number of hydrogen-bond acceptors (Lipinski definition) is 7. The van der Waals surface area contributed by atoms with Crippen LogP contribution in [0.25, 0.3) is 0 Å². The number of carbonyl (C=O) groups excluding carboxylic acids is 2. The molecule has 0 bridgehead atoms. The van der Waals surface area contributed by atoms with Gasteiger partial charge in [0, 0.05) is 27.6 Å². The van der Waals surface area contributed by atoms with Crippen molar-refractivity contribution in [2.45, 2.75) is 12.8 Å². The second-order valence-electron chi connectivity index (χ2n) is 5.95. The van der Waals surface area contributed by atoms with Gasteiger partial charge in [-0.05, 0) is 30.5 Å². The summed E-state index contributed by atoms with van der Waals surface area (Å²) in [6.07, 6.45) is 0. The molecule has 2 N–H and O–H groups in total. The SMILES string of the molecule is CC1=C(C(=O)Nc2ccccc2)[C@@H](c2cccs2)C(C#N)=C(SCC(=O)[O-])N1. The van der Waals surface area contributed by atoms with E-state index in [4.69, 9.17) is 0 Å². The molecule has 28 heavy (non-hydrogen) atoms. The van der Waals surface area contributed by atoms with E-state index in [1.54, 1.807) is 19.1 Å². The highest BCUT2D eigenvalue weighted by atomic mass is 32.2. The Morgan fingerprint density at radius 3 is 2.64 bits per heavy atom. The number of carboxylic acids is 1. The number of dihydropyridines is 1. The van der Waals surface area contributed by atoms with Crippen LogP contribution in [0.5, 0.6) is 0 Å². The molecule has 1 aromatic carbocycles. The first-order valence-electron chi connectivity index (χ1n) is 8.35. The number of benzene rings is 1. The van der Waals surface area contributed by atoms with Crippen molar-refractivity contribution in [3.05, 3.63) is 74.6 Å². The Hall–Kier alpha value is -3.02. The number of nitrogens with zero attached hydrogens (tertiary/aromatic N) is 1. The quantitative estimate of drug-likeness (QED) is 0.758. The molecule has 1 amide bonds. The van der Waals surface area contributed by atoms with Gasteiger partial charge in [0.1, 0.15) is 0 Å². The van der Waals surface area contributed by atoms with Crippen LogP contribution in [0.2, 0.25) is 0 Å². The summed E-state index contributed by atoms with van der Waals surface area (Å²) in [4.78, 5) is 24.8. The molecule has 1 atom stereocenters. The van der Waals surface area contributed by atoms with Crippen molar-refractivity contribution in [3.8, 4) is 6.07 Å². The standard InChI is InChI=1S/C20H17N3O3S2/c1-12-17(19(26)23-13-6-3-2-4-7-13)18(15-8-5-9-27-15)14(10-21)20(22-12)28-11-16(24)25/h2-9,18,22H,11H2,1H3,(H,23,26)(H,24,25)/p-1/t18-/m1/s1. The summed E-state index contributed by atoms with van der Waals surface area (Å²) < 4.78 is 0. The number of anilines is 1. The zero-order chi connectivity index (χ0) is 20.1. The van der Waals surface area contributed by atoms with Crippen LogP contribution in [0.1, 0.15) is 17.7 Å². The lowest BCUT2D eigenvalue weighted by Crippen LogP contribution is -2.31. The summed E-state index contributed by atoms with van der Waals surface area (Å²) >= 11 is 2.42. The molecule has 3 rings (SSSR count). The molecule has 2 heterocycles. The fourth-order valence-corrected chi connectivity index (χ4v) is 4.57. The van der Waals surface area contributed by atoms with Crippen LogP contribution in [-0.2, 0) is 9.59 Å². The Morgan fingerprint density at radius 2 is 2.04 bits per heavy atom. The van der Waals surface area contributed by atoms with Crippen molar-refractivity contribution in [2.24, 2.45) is 0 Å². The molecular weight excluding hydrogens is 394 g/mol. The average Bonchev–Trinajstić information content (AvgIpc) is 3.20. The van der Waals surface area contributed by atoms with Gasteiger partial charge in [-0.1, -0.05) is 24.3 Å². The van der Waals surface area contributed by atoms with Crippen LogP contribution < -0.4 is 15.7 Å². The molecule has 2 aromatic rings. The lowest BCUT2D eigenvalue weighted by Gasteiger charge is -2.29. The summed E-state index contributed by atoms with van der Waals surface area (Å²) in [6, 6.07) is 14.9. The number of nitrogens with one attached hydrogen (secondary N) is 2. The molecule has 8 heteroatoms. The lowest BCUT2D eigenvalue weighted by atomic mass is 9.86. The fourth-order valence-electron chi connectivity index (χ4n) is 2.92. The second kappa shape index (κ2) is 8.78. The first-order chi connectivity index (χ1) is 13.5. The largest absolute Gasteiger partial charge is 0.549 e. The summed E-state index contributed by atoms with van der Waals surface area (Å²) in [5.74, 6) is -2.40. The van der Waals surface area contributed by atoms with E-state index < -0.39 is 11.9 Å². The number of aliphatic carboxylic acids is 1. The van der Waals surface area contributed by atoms with Gasteiger partial charge in [0.25, 0.3) is 5.91 Å². The molecule has 1 aliphatic rings. The van der Waals surface area contributed by atoms with Crippen LogP contribution >= 0.6 is 23.1 Å². The molecule has 1 aliphatic heterocycles. The van der Waals surface area contributed by atoms with Gasteiger partial charge in [0.05, 0.1) is 28.6 Å². The van der Waals surface area contributed by atoms with Gasteiger partial charge in [-0.15, -0.1) is 23.1 Å². The van der Waals surface area contributed by atoms with Crippen molar-refractivity contribution in [2.75, 3.05) is 11.1 Å². The number of nitriles is 1. The average molecular weight is 411 g/mol. The molecule has 0 saturated carbocycles. The Kier molecular flexibility index (Phi) is 6.19. The first-order valence-corrected chi connectivity index (χ1v) is 10.2. The number of para-hydroxylation sites is 1. The number of thioether (sulfide) groups is 1. The second-order valence-corrected chi connectivity index (χ2v) is 7.91. The number of allylic oxidation sites excluding steroid dienone is 2. The van der Waals surface area contributed by atoms with Crippen LogP contribution in [0.4, 0.5) is 5.69 Å².